The van der Waals surface area contributed by atoms with Crippen LogP contribution in [0.15, 0.2) is 24.4 Å². The van der Waals surface area contributed by atoms with E-state index in [0.717, 1.165) is 16.8 Å². The van der Waals surface area contributed by atoms with E-state index in [4.69, 9.17) is 5.73 Å². The lowest BCUT2D eigenvalue weighted by molar-refractivity contribution is 0.0950. The van der Waals surface area contributed by atoms with Gasteiger partial charge in [-0.15, -0.1) is 0 Å². The van der Waals surface area contributed by atoms with Gasteiger partial charge in [0.2, 0.25) is 0 Å². The van der Waals surface area contributed by atoms with Crippen LogP contribution in [-0.4, -0.2) is 16.1 Å². The quantitative estimate of drug-likeness (QED) is 0.716. The molecule has 0 spiro atoms. The van der Waals surface area contributed by atoms with Crippen LogP contribution in [0.4, 0.5) is 5.69 Å². The lowest BCUT2D eigenvalue weighted by atomic mass is 10.1. The monoisotopic (exact) mass is 244 g/mol. The van der Waals surface area contributed by atoms with E-state index in [1.165, 1.54) is 0 Å². The molecule has 0 atom stereocenters. The van der Waals surface area contributed by atoms with E-state index in [-0.39, 0.29) is 5.91 Å². The van der Waals surface area contributed by atoms with E-state index in [1.807, 2.05) is 13.8 Å². The summed E-state index contributed by atoms with van der Waals surface area (Å²) in [6, 6.07) is 5.26. The minimum atomic E-state index is -0.104. The number of aromatic nitrogens is 2. The first-order chi connectivity index (χ1) is 8.58. The summed E-state index contributed by atoms with van der Waals surface area (Å²) < 4.78 is 0. The molecular formula is C13H16N4O. The minimum Gasteiger partial charge on any atom is -0.399 e. The lowest BCUT2D eigenvalue weighted by Gasteiger charge is -2.07. The molecule has 0 aliphatic rings. The number of carbonyl (C=O) groups excluding carboxylic acids is 1. The third kappa shape index (κ3) is 2.51. The summed E-state index contributed by atoms with van der Waals surface area (Å²) in [6.45, 7) is 4.25. The predicted octanol–water partition coefficient (Wildman–Crippen LogP) is 1.54. The van der Waals surface area contributed by atoms with Gasteiger partial charge in [0.25, 0.3) is 5.91 Å². The smallest absolute Gasteiger partial charge is 0.251 e. The zero-order valence-corrected chi connectivity index (χ0v) is 10.4. The van der Waals surface area contributed by atoms with Gasteiger partial charge in [0.1, 0.15) is 0 Å². The van der Waals surface area contributed by atoms with Gasteiger partial charge in [-0.2, -0.15) is 5.10 Å². The van der Waals surface area contributed by atoms with Crippen LogP contribution in [0.2, 0.25) is 0 Å². The first-order valence-corrected chi connectivity index (χ1v) is 5.71. The Morgan fingerprint density at radius 3 is 2.83 bits per heavy atom. The van der Waals surface area contributed by atoms with E-state index in [2.05, 4.69) is 15.5 Å². The number of hydrogen-bond donors (Lipinski definition) is 3. The molecule has 18 heavy (non-hydrogen) atoms. The van der Waals surface area contributed by atoms with Crippen molar-refractivity contribution in [2.45, 2.75) is 20.4 Å². The molecule has 1 heterocycles. The zero-order valence-electron chi connectivity index (χ0n) is 10.4. The molecule has 0 radical (unpaired) electrons. The maximum Gasteiger partial charge on any atom is 0.251 e. The van der Waals surface area contributed by atoms with Crippen LogP contribution in [0.3, 0.4) is 0 Å². The van der Waals surface area contributed by atoms with E-state index >= 15 is 0 Å². The molecule has 4 N–H and O–H groups in total. The SMILES string of the molecule is Cc1cc(N)ccc1C(=O)NCc1cn[nH]c1C. The summed E-state index contributed by atoms with van der Waals surface area (Å²) in [5.74, 6) is -0.104. The fourth-order valence-electron chi connectivity index (χ4n) is 1.77. The Morgan fingerprint density at radius 1 is 1.44 bits per heavy atom. The van der Waals surface area contributed by atoms with Crippen molar-refractivity contribution in [1.29, 1.82) is 0 Å². The van der Waals surface area contributed by atoms with Crippen molar-refractivity contribution >= 4 is 11.6 Å². The van der Waals surface area contributed by atoms with Crippen molar-refractivity contribution in [3.05, 3.63) is 46.8 Å². The highest BCUT2D eigenvalue weighted by Crippen LogP contribution is 2.12. The van der Waals surface area contributed by atoms with Crippen LogP contribution >= 0.6 is 0 Å². The average molecular weight is 244 g/mol. The van der Waals surface area contributed by atoms with Crippen LogP contribution in [-0.2, 0) is 6.54 Å². The molecule has 0 bridgehead atoms. The number of H-pyrrole nitrogens is 1. The van der Waals surface area contributed by atoms with Crippen LogP contribution in [0.25, 0.3) is 0 Å². The molecule has 1 aromatic heterocycles. The van der Waals surface area contributed by atoms with Crippen LogP contribution in [0.5, 0.6) is 0 Å². The van der Waals surface area contributed by atoms with E-state index < -0.39 is 0 Å². The second kappa shape index (κ2) is 4.91. The molecule has 5 nitrogen and oxygen atoms in total. The Bertz CT molecular complexity index is 574. The van der Waals surface area contributed by atoms with Gasteiger partial charge in [-0.25, -0.2) is 0 Å². The molecule has 0 aliphatic heterocycles. The van der Waals surface area contributed by atoms with Gasteiger partial charge in [-0.1, -0.05) is 0 Å². The van der Waals surface area contributed by atoms with Gasteiger partial charge in [-0.3, -0.25) is 9.89 Å². The topological polar surface area (TPSA) is 83.8 Å². The van der Waals surface area contributed by atoms with E-state index in [0.29, 0.717) is 17.8 Å². The number of nitrogens with zero attached hydrogens (tertiary/aromatic N) is 1. The molecule has 0 aliphatic carbocycles. The van der Waals surface area contributed by atoms with E-state index in [1.54, 1.807) is 24.4 Å². The van der Waals surface area contributed by atoms with Gasteiger partial charge in [0.05, 0.1) is 6.20 Å². The number of anilines is 1. The molecule has 2 aromatic rings. The number of amides is 1. The van der Waals surface area contributed by atoms with Crippen molar-refractivity contribution in [1.82, 2.24) is 15.5 Å². The zero-order chi connectivity index (χ0) is 13.1. The number of nitrogens with one attached hydrogen (secondary N) is 2. The summed E-state index contributed by atoms with van der Waals surface area (Å²) in [5, 5.41) is 9.60. The lowest BCUT2D eigenvalue weighted by Crippen LogP contribution is -2.23. The van der Waals surface area contributed by atoms with Gasteiger partial charge in [0.15, 0.2) is 0 Å². The third-order valence-electron chi connectivity index (χ3n) is 2.87. The summed E-state index contributed by atoms with van der Waals surface area (Å²) in [6.07, 6.45) is 1.71. The Kier molecular flexibility index (Phi) is 3.32. The normalized spacial score (nSPS) is 10.3. The summed E-state index contributed by atoms with van der Waals surface area (Å²) in [4.78, 5) is 12.0. The molecule has 5 heteroatoms. The third-order valence-corrected chi connectivity index (χ3v) is 2.87. The first-order valence-electron chi connectivity index (χ1n) is 5.71. The van der Waals surface area contributed by atoms with Gasteiger partial charge >= 0.3 is 0 Å². The summed E-state index contributed by atoms with van der Waals surface area (Å²) >= 11 is 0. The van der Waals surface area contributed by atoms with E-state index in [9.17, 15) is 4.79 Å². The second-order valence-electron chi connectivity index (χ2n) is 4.28. The highest BCUT2D eigenvalue weighted by atomic mass is 16.1. The average Bonchev–Trinajstić information content (AvgIpc) is 2.72. The maximum atomic E-state index is 12.0. The standard InChI is InChI=1S/C13H16N4O/c1-8-5-11(14)3-4-12(8)13(18)15-6-10-7-16-17-9(10)2/h3-5,7H,6,14H2,1-2H3,(H,15,18)(H,16,17). The largest absolute Gasteiger partial charge is 0.399 e. The predicted molar refractivity (Wildman–Crippen MR) is 70.1 cm³/mol. The fourth-order valence-corrected chi connectivity index (χ4v) is 1.77. The Morgan fingerprint density at radius 2 is 2.22 bits per heavy atom. The Balaban J connectivity index is 2.06. The Hall–Kier alpha value is -2.30. The number of aromatic amines is 1. The highest BCUT2D eigenvalue weighted by molar-refractivity contribution is 5.95. The van der Waals surface area contributed by atoms with Crippen molar-refractivity contribution in [3.63, 3.8) is 0 Å². The number of benzene rings is 1. The second-order valence-corrected chi connectivity index (χ2v) is 4.28. The number of aryl methyl sites for hydroxylation is 2. The van der Waals surface area contributed by atoms with Gasteiger partial charge in [-0.05, 0) is 37.6 Å². The Labute approximate surface area is 105 Å². The molecule has 0 saturated carbocycles. The number of nitrogens with two attached hydrogens (primary N) is 1. The van der Waals surface area contributed by atoms with Crippen molar-refractivity contribution in [2.24, 2.45) is 0 Å². The molecular weight excluding hydrogens is 228 g/mol. The number of rotatable bonds is 3. The van der Waals surface area contributed by atoms with Crippen molar-refractivity contribution < 1.29 is 4.79 Å². The van der Waals surface area contributed by atoms with Crippen LogP contribution in [0.1, 0.15) is 27.2 Å². The van der Waals surface area contributed by atoms with Gasteiger partial charge in [0, 0.05) is 29.1 Å². The molecule has 1 aromatic carbocycles. The molecule has 2 rings (SSSR count). The summed E-state index contributed by atoms with van der Waals surface area (Å²) in [7, 11) is 0. The highest BCUT2D eigenvalue weighted by Gasteiger charge is 2.09. The molecule has 0 unspecified atom stereocenters. The number of hydrogen-bond acceptors (Lipinski definition) is 3. The number of carbonyl (C=O) groups is 1. The first kappa shape index (κ1) is 12.2. The molecule has 0 saturated heterocycles. The molecule has 0 fully saturated rings. The maximum absolute atomic E-state index is 12.0. The molecule has 94 valence electrons. The van der Waals surface area contributed by atoms with Crippen LogP contribution < -0.4 is 11.1 Å². The van der Waals surface area contributed by atoms with Crippen molar-refractivity contribution in [2.75, 3.05) is 5.73 Å². The van der Waals surface area contributed by atoms with Gasteiger partial charge < -0.3 is 11.1 Å². The minimum absolute atomic E-state index is 0.104. The summed E-state index contributed by atoms with van der Waals surface area (Å²) in [5.41, 5.74) is 9.78. The molecule has 1 amide bonds. The fraction of sp³-hybridized carbons (Fsp3) is 0.231. The van der Waals surface area contributed by atoms with Crippen LogP contribution in [0, 0.1) is 13.8 Å². The van der Waals surface area contributed by atoms with Crippen molar-refractivity contribution in [3.8, 4) is 0 Å². The number of nitrogen functional groups attached to an aromatic ring is 1.